The summed E-state index contributed by atoms with van der Waals surface area (Å²) in [4.78, 5) is 4.35. The van der Waals surface area contributed by atoms with Gasteiger partial charge in [-0.15, -0.1) is 0 Å². The van der Waals surface area contributed by atoms with Gasteiger partial charge in [-0.25, -0.2) is 4.39 Å². The third-order valence-electron chi connectivity index (χ3n) is 4.43. The van der Waals surface area contributed by atoms with Gasteiger partial charge >= 0.3 is 0 Å². The third kappa shape index (κ3) is 3.59. The SMILES string of the molecule is CC1CN(CC(O)CN2CCc3ccc(F)cc32)CC(C)O1. The normalized spacial score (nSPS) is 27.0. The van der Waals surface area contributed by atoms with Gasteiger partial charge in [0.05, 0.1) is 18.3 Å². The number of rotatable bonds is 4. The number of benzene rings is 1. The average Bonchev–Trinajstić information content (AvgIpc) is 2.80. The molecule has 0 spiro atoms. The molecule has 3 atom stereocenters. The van der Waals surface area contributed by atoms with Crippen molar-refractivity contribution in [2.24, 2.45) is 0 Å². The lowest BCUT2D eigenvalue weighted by atomic mass is 10.1. The highest BCUT2D eigenvalue weighted by Gasteiger charge is 2.26. The maximum Gasteiger partial charge on any atom is 0.125 e. The van der Waals surface area contributed by atoms with E-state index in [2.05, 4.69) is 23.6 Å². The van der Waals surface area contributed by atoms with Crippen molar-refractivity contribution in [3.63, 3.8) is 0 Å². The van der Waals surface area contributed by atoms with Crippen LogP contribution in [0.2, 0.25) is 0 Å². The van der Waals surface area contributed by atoms with Crippen LogP contribution in [0.25, 0.3) is 0 Å². The van der Waals surface area contributed by atoms with Crippen LogP contribution in [0, 0.1) is 5.82 Å². The van der Waals surface area contributed by atoms with Gasteiger partial charge in [0.2, 0.25) is 0 Å². The highest BCUT2D eigenvalue weighted by atomic mass is 19.1. The molecular weight excluding hydrogens is 283 g/mol. The van der Waals surface area contributed by atoms with E-state index in [0.29, 0.717) is 13.1 Å². The summed E-state index contributed by atoms with van der Waals surface area (Å²) < 4.78 is 19.1. The number of hydrogen-bond acceptors (Lipinski definition) is 4. The second-order valence-electron chi connectivity index (χ2n) is 6.60. The predicted octanol–water partition coefficient (Wildman–Crippen LogP) is 1.66. The number of fused-ring (bicyclic) bond motifs is 1. The average molecular weight is 308 g/mol. The van der Waals surface area contributed by atoms with Gasteiger partial charge in [0, 0.05) is 38.4 Å². The number of aliphatic hydroxyl groups excluding tert-OH is 1. The highest BCUT2D eigenvalue weighted by Crippen LogP contribution is 2.28. The Balaban J connectivity index is 1.57. The Bertz CT molecular complexity index is 515. The summed E-state index contributed by atoms with van der Waals surface area (Å²) in [5.74, 6) is -0.212. The van der Waals surface area contributed by atoms with Gasteiger partial charge in [-0.2, -0.15) is 0 Å². The zero-order valence-corrected chi connectivity index (χ0v) is 13.3. The number of halogens is 1. The highest BCUT2D eigenvalue weighted by molar-refractivity contribution is 5.58. The summed E-state index contributed by atoms with van der Waals surface area (Å²) in [6, 6.07) is 4.94. The molecular formula is C17H25FN2O2. The summed E-state index contributed by atoms with van der Waals surface area (Å²) in [5.41, 5.74) is 2.10. The lowest BCUT2D eigenvalue weighted by Crippen LogP contribution is -2.49. The van der Waals surface area contributed by atoms with Crippen molar-refractivity contribution in [3.05, 3.63) is 29.6 Å². The fraction of sp³-hybridized carbons (Fsp3) is 0.647. The topological polar surface area (TPSA) is 35.9 Å². The molecule has 0 aliphatic carbocycles. The molecule has 1 saturated heterocycles. The minimum absolute atomic E-state index is 0.206. The second kappa shape index (κ2) is 6.52. The molecule has 0 saturated carbocycles. The molecule has 1 aromatic rings. The lowest BCUT2D eigenvalue weighted by Gasteiger charge is -2.37. The van der Waals surface area contributed by atoms with Crippen LogP contribution in [0.1, 0.15) is 19.4 Å². The van der Waals surface area contributed by atoms with E-state index in [4.69, 9.17) is 4.74 Å². The van der Waals surface area contributed by atoms with Crippen LogP contribution in [0.4, 0.5) is 10.1 Å². The van der Waals surface area contributed by atoms with Crippen molar-refractivity contribution >= 4 is 5.69 Å². The Morgan fingerprint density at radius 3 is 2.73 bits per heavy atom. The lowest BCUT2D eigenvalue weighted by molar-refractivity contribution is -0.0758. The molecule has 1 fully saturated rings. The zero-order valence-electron chi connectivity index (χ0n) is 13.3. The molecule has 2 heterocycles. The van der Waals surface area contributed by atoms with Gasteiger partial charge in [-0.05, 0) is 38.0 Å². The third-order valence-corrected chi connectivity index (χ3v) is 4.43. The molecule has 3 unspecified atom stereocenters. The zero-order chi connectivity index (χ0) is 15.7. The first-order chi connectivity index (χ1) is 10.5. The van der Waals surface area contributed by atoms with Gasteiger partial charge in [-0.1, -0.05) is 6.07 Å². The van der Waals surface area contributed by atoms with E-state index in [-0.39, 0.29) is 18.0 Å². The number of anilines is 1. The van der Waals surface area contributed by atoms with E-state index in [1.54, 1.807) is 6.07 Å². The molecule has 2 aliphatic rings. The fourth-order valence-corrected chi connectivity index (χ4v) is 3.65. The Hall–Kier alpha value is -1.17. The van der Waals surface area contributed by atoms with Crippen LogP contribution in [-0.2, 0) is 11.2 Å². The molecule has 1 N–H and O–H groups in total. The molecule has 1 aromatic carbocycles. The van der Waals surface area contributed by atoms with Gasteiger partial charge in [0.25, 0.3) is 0 Å². The molecule has 0 bridgehead atoms. The van der Waals surface area contributed by atoms with Crippen molar-refractivity contribution < 1.29 is 14.2 Å². The number of ether oxygens (including phenoxy) is 1. The van der Waals surface area contributed by atoms with E-state index in [1.165, 1.54) is 11.6 Å². The van der Waals surface area contributed by atoms with Crippen LogP contribution in [0.3, 0.4) is 0 Å². The summed E-state index contributed by atoms with van der Waals surface area (Å²) in [7, 11) is 0. The van der Waals surface area contributed by atoms with Crippen LogP contribution < -0.4 is 4.90 Å². The number of hydrogen-bond donors (Lipinski definition) is 1. The summed E-state index contributed by atoms with van der Waals surface area (Å²) in [6.45, 7) is 7.88. The van der Waals surface area contributed by atoms with Crippen molar-refractivity contribution in [2.75, 3.05) is 37.6 Å². The maximum absolute atomic E-state index is 13.4. The van der Waals surface area contributed by atoms with E-state index in [0.717, 1.165) is 31.7 Å². The molecule has 3 rings (SSSR count). The Labute approximate surface area is 131 Å². The first-order valence-corrected chi connectivity index (χ1v) is 8.10. The van der Waals surface area contributed by atoms with Gasteiger partial charge < -0.3 is 14.7 Å². The Morgan fingerprint density at radius 1 is 1.27 bits per heavy atom. The summed E-state index contributed by atoms with van der Waals surface area (Å²) >= 11 is 0. The smallest absolute Gasteiger partial charge is 0.125 e. The van der Waals surface area contributed by atoms with Crippen molar-refractivity contribution in [3.8, 4) is 0 Å². The minimum atomic E-state index is -0.438. The molecule has 0 radical (unpaired) electrons. The second-order valence-corrected chi connectivity index (χ2v) is 6.60. The Morgan fingerprint density at radius 2 is 2.00 bits per heavy atom. The standard InChI is InChI=1S/C17H25FN2O2/c1-12-8-19(9-13(2)22-12)10-16(21)11-20-6-5-14-3-4-15(18)7-17(14)20/h3-4,7,12-13,16,21H,5-6,8-11H2,1-2H3. The quantitative estimate of drug-likeness (QED) is 0.918. The number of aliphatic hydroxyl groups is 1. The van der Waals surface area contributed by atoms with Gasteiger partial charge in [-0.3, -0.25) is 4.90 Å². The first kappa shape index (κ1) is 15.7. The molecule has 0 amide bonds. The van der Waals surface area contributed by atoms with Crippen molar-refractivity contribution in [2.45, 2.75) is 38.6 Å². The van der Waals surface area contributed by atoms with Crippen LogP contribution in [-0.4, -0.2) is 61.0 Å². The molecule has 22 heavy (non-hydrogen) atoms. The predicted molar refractivity (Wildman–Crippen MR) is 84.8 cm³/mol. The largest absolute Gasteiger partial charge is 0.390 e. The number of nitrogens with zero attached hydrogens (tertiary/aromatic N) is 2. The van der Waals surface area contributed by atoms with Crippen LogP contribution >= 0.6 is 0 Å². The van der Waals surface area contributed by atoms with Crippen LogP contribution in [0.5, 0.6) is 0 Å². The van der Waals surface area contributed by atoms with Crippen molar-refractivity contribution in [1.29, 1.82) is 0 Å². The fourth-order valence-electron chi connectivity index (χ4n) is 3.65. The molecule has 5 heteroatoms. The number of morpholine rings is 1. The van der Waals surface area contributed by atoms with E-state index >= 15 is 0 Å². The molecule has 0 aromatic heterocycles. The van der Waals surface area contributed by atoms with Crippen LogP contribution in [0.15, 0.2) is 18.2 Å². The van der Waals surface area contributed by atoms with E-state index in [1.807, 2.05) is 6.07 Å². The molecule has 122 valence electrons. The minimum Gasteiger partial charge on any atom is -0.390 e. The maximum atomic E-state index is 13.4. The summed E-state index contributed by atoms with van der Waals surface area (Å²) in [6.07, 6.45) is 0.898. The summed E-state index contributed by atoms with van der Waals surface area (Å²) in [5, 5.41) is 10.4. The van der Waals surface area contributed by atoms with Gasteiger partial charge in [0.1, 0.15) is 5.82 Å². The van der Waals surface area contributed by atoms with E-state index < -0.39 is 6.10 Å². The van der Waals surface area contributed by atoms with Crippen molar-refractivity contribution in [1.82, 2.24) is 4.90 Å². The molecule has 2 aliphatic heterocycles. The monoisotopic (exact) mass is 308 g/mol. The Kier molecular flexibility index (Phi) is 4.66. The van der Waals surface area contributed by atoms with Gasteiger partial charge in [0.15, 0.2) is 0 Å². The first-order valence-electron chi connectivity index (χ1n) is 8.10. The number of β-amino-alcohol motifs (C(OH)–C–C–N with tert-alkyl or cyclic N) is 1. The molecule has 4 nitrogen and oxygen atoms in total. The van der Waals surface area contributed by atoms with E-state index in [9.17, 15) is 9.50 Å².